The summed E-state index contributed by atoms with van der Waals surface area (Å²) >= 11 is 0. The molecule has 8 nitrogen and oxygen atoms in total. The van der Waals surface area contributed by atoms with Crippen molar-refractivity contribution in [3.05, 3.63) is 275 Å². The zero-order valence-corrected chi connectivity index (χ0v) is 41.3. The number of rotatable bonds is 28. The lowest BCUT2D eigenvalue weighted by molar-refractivity contribution is 0.0919. The monoisotopic (exact) mass is 963 g/mol. The van der Waals surface area contributed by atoms with Gasteiger partial charge < -0.3 is 24.1 Å². The van der Waals surface area contributed by atoms with Crippen LogP contribution in [-0.2, 0) is 48.9 Å². The second-order valence-corrected chi connectivity index (χ2v) is 17.8. The maximum Gasteiger partial charge on any atom is 0.176 e. The Morgan fingerprint density at radius 2 is 0.792 bits per heavy atom. The number of Topliss-reactive ketones (excluding diaryl/α,β-unsaturated/α-hetero) is 1. The number of ether oxygens (including phenoxy) is 4. The molecule has 0 aliphatic carbocycles. The summed E-state index contributed by atoms with van der Waals surface area (Å²) in [6, 6.07) is 76.9. The quantitative estimate of drug-likeness (QED) is 0.0384. The highest BCUT2D eigenvalue weighted by Crippen LogP contribution is 2.23. The Bertz CT molecular complexity index is 2620. The molecule has 0 heterocycles. The van der Waals surface area contributed by atoms with E-state index in [-0.39, 0.29) is 7.21 Å². The van der Waals surface area contributed by atoms with E-state index in [0.29, 0.717) is 77.1 Å². The average molecular weight is 963 g/mol. The highest BCUT2D eigenvalue weighted by atomic mass is 16.5. The minimum absolute atomic E-state index is 0. The van der Waals surface area contributed by atoms with Crippen LogP contribution in [0.25, 0.3) is 0 Å². The lowest BCUT2D eigenvalue weighted by Gasteiger charge is -2.26. The Kier molecular flexibility index (Phi) is 22.3. The maximum atomic E-state index is 13.2. The zero-order valence-electron chi connectivity index (χ0n) is 41.3. The second kappa shape index (κ2) is 30.5. The summed E-state index contributed by atoms with van der Waals surface area (Å²) in [5, 5.41) is 11.1. The van der Waals surface area contributed by atoms with Crippen molar-refractivity contribution in [2.24, 2.45) is 0 Å². The van der Waals surface area contributed by atoms with Crippen molar-refractivity contribution in [1.82, 2.24) is 9.80 Å². The number of carbonyl (C=O) groups excluding carboxylic acids is 1. The predicted molar refractivity (Wildman–Crippen MR) is 291 cm³/mol. The fourth-order valence-corrected chi connectivity index (χ4v) is 8.16. The average Bonchev–Trinajstić information content (AvgIpc) is 3.42. The maximum absolute atomic E-state index is 13.2. The third kappa shape index (κ3) is 19.6. The predicted octanol–water partition coefficient (Wildman–Crippen LogP) is 13.2. The molecule has 372 valence electrons. The summed E-state index contributed by atoms with van der Waals surface area (Å²) in [6.45, 7) is 7.42. The van der Waals surface area contributed by atoms with Gasteiger partial charge in [-0.05, 0) is 63.2 Å². The molecule has 0 aliphatic heterocycles. The number of ketones is 1. The molecular formula is C64H70N2O6. The molecule has 0 radical (unpaired) electrons. The Hall–Kier alpha value is -7.17. The molecule has 1 N–H and O–H groups in total. The molecular weight excluding hydrogens is 893 g/mol. The van der Waals surface area contributed by atoms with Gasteiger partial charge in [0.2, 0.25) is 0 Å². The molecule has 8 rings (SSSR count). The van der Waals surface area contributed by atoms with Crippen LogP contribution in [-0.4, -0.2) is 60.2 Å². The first-order valence-corrected chi connectivity index (χ1v) is 25.0. The Labute approximate surface area is 428 Å². The van der Waals surface area contributed by atoms with E-state index in [1.165, 1.54) is 33.4 Å². The first-order valence-electron chi connectivity index (χ1n) is 25.0. The SMILES string of the molecule is O=C(CN(Cc1ccccc1)Cc1ccccc1)c1cccc(OCCCOCc2ccccc2)c1.O[C@H](CN(Cc1ccccc1)Cc1ccccc1)c1cccc(OCCCOCc2ccccc2)c1.[HH]. The summed E-state index contributed by atoms with van der Waals surface area (Å²) in [7, 11) is 0. The number of carbonyl (C=O) groups is 1. The van der Waals surface area contributed by atoms with Gasteiger partial charge in [0, 0.05) is 52.6 Å². The highest BCUT2D eigenvalue weighted by molar-refractivity contribution is 5.98. The molecule has 8 aromatic carbocycles. The van der Waals surface area contributed by atoms with Crippen LogP contribution in [0.15, 0.2) is 231 Å². The van der Waals surface area contributed by atoms with Crippen LogP contribution < -0.4 is 9.47 Å². The van der Waals surface area contributed by atoms with Gasteiger partial charge in [0.1, 0.15) is 11.5 Å². The molecule has 72 heavy (non-hydrogen) atoms. The van der Waals surface area contributed by atoms with Gasteiger partial charge in [-0.25, -0.2) is 0 Å². The molecule has 0 unspecified atom stereocenters. The number of nitrogens with zero attached hydrogens (tertiary/aromatic N) is 2. The van der Waals surface area contributed by atoms with Gasteiger partial charge in [-0.3, -0.25) is 14.6 Å². The van der Waals surface area contributed by atoms with Crippen LogP contribution in [0.3, 0.4) is 0 Å². The summed E-state index contributed by atoms with van der Waals surface area (Å²) in [5.41, 5.74) is 8.70. The summed E-state index contributed by atoms with van der Waals surface area (Å²) in [4.78, 5) is 17.7. The molecule has 0 fully saturated rings. The molecule has 8 aromatic rings. The van der Waals surface area contributed by atoms with Gasteiger partial charge in [0.15, 0.2) is 5.78 Å². The van der Waals surface area contributed by atoms with E-state index in [1.54, 1.807) is 0 Å². The van der Waals surface area contributed by atoms with E-state index < -0.39 is 6.10 Å². The number of aliphatic hydroxyl groups is 1. The Balaban J connectivity index is 0.000000235. The number of hydrogen-bond donors (Lipinski definition) is 1. The van der Waals surface area contributed by atoms with Gasteiger partial charge in [-0.1, -0.05) is 206 Å². The smallest absolute Gasteiger partial charge is 0.176 e. The van der Waals surface area contributed by atoms with Gasteiger partial charge in [-0.15, -0.1) is 0 Å². The van der Waals surface area contributed by atoms with Crippen LogP contribution >= 0.6 is 0 Å². The lowest BCUT2D eigenvalue weighted by Crippen LogP contribution is -2.29. The highest BCUT2D eigenvalue weighted by Gasteiger charge is 2.17. The Morgan fingerprint density at radius 3 is 1.22 bits per heavy atom. The third-order valence-corrected chi connectivity index (χ3v) is 11.8. The first kappa shape index (κ1) is 52.6. The van der Waals surface area contributed by atoms with Crippen molar-refractivity contribution in [3.8, 4) is 11.5 Å². The van der Waals surface area contributed by atoms with Crippen LogP contribution in [0, 0.1) is 0 Å². The second-order valence-electron chi connectivity index (χ2n) is 17.8. The fraction of sp³-hybridized carbons (Fsp3) is 0.234. The van der Waals surface area contributed by atoms with Gasteiger partial charge in [-0.2, -0.15) is 0 Å². The van der Waals surface area contributed by atoms with Crippen molar-refractivity contribution in [2.45, 2.75) is 58.3 Å². The van der Waals surface area contributed by atoms with Gasteiger partial charge >= 0.3 is 0 Å². The minimum Gasteiger partial charge on any atom is -0.493 e. The van der Waals surface area contributed by atoms with Crippen LogP contribution in [0.2, 0.25) is 0 Å². The summed E-state index contributed by atoms with van der Waals surface area (Å²) < 4.78 is 23.3. The largest absolute Gasteiger partial charge is 0.493 e. The van der Waals surface area contributed by atoms with Crippen LogP contribution in [0.1, 0.15) is 69.7 Å². The first-order chi connectivity index (χ1) is 35.5. The van der Waals surface area contributed by atoms with Gasteiger partial charge in [0.05, 0.1) is 52.3 Å². The van der Waals surface area contributed by atoms with Crippen LogP contribution in [0.5, 0.6) is 11.5 Å². The summed E-state index contributed by atoms with van der Waals surface area (Å²) in [6.07, 6.45) is 0.976. The van der Waals surface area contributed by atoms with E-state index in [2.05, 4.69) is 107 Å². The zero-order chi connectivity index (χ0) is 49.7. The standard InChI is InChI=1S/C32H35NO3.C32H33NO3.H2/c2*34-32(25-33(23-27-12-4-1-5-13-27)24-28-14-6-2-7-15-28)30-18-10-19-31(22-30)36-21-11-20-35-26-29-16-8-3-9-17-29;/h1-10,12-19,22,32,34H,11,20-21,23-26H2;1-10,12-19,22H,11,20-21,23-26H2;1H/t32-;;/m1../s1. The van der Waals surface area contributed by atoms with Gasteiger partial charge in [0.25, 0.3) is 0 Å². The Morgan fingerprint density at radius 1 is 0.417 bits per heavy atom. The van der Waals surface area contributed by atoms with E-state index >= 15 is 0 Å². The molecule has 1 atom stereocenters. The van der Waals surface area contributed by atoms with E-state index in [1.807, 2.05) is 133 Å². The van der Waals surface area contributed by atoms with Crippen molar-refractivity contribution in [2.75, 3.05) is 39.5 Å². The molecule has 0 bridgehead atoms. The fourth-order valence-electron chi connectivity index (χ4n) is 8.16. The molecule has 0 spiro atoms. The molecule has 0 saturated carbocycles. The van der Waals surface area contributed by atoms with Crippen LogP contribution in [0.4, 0.5) is 0 Å². The topological polar surface area (TPSA) is 80.7 Å². The number of aliphatic hydroxyl groups excluding tert-OH is 1. The number of hydrogen-bond acceptors (Lipinski definition) is 8. The van der Waals surface area contributed by atoms with E-state index in [9.17, 15) is 9.90 Å². The van der Waals surface area contributed by atoms with Crippen molar-refractivity contribution < 1.29 is 30.3 Å². The molecule has 0 amide bonds. The molecule has 0 aliphatic rings. The minimum atomic E-state index is -0.616. The van der Waals surface area contributed by atoms with E-state index in [4.69, 9.17) is 18.9 Å². The molecule has 8 heteroatoms. The van der Waals surface area contributed by atoms with Crippen molar-refractivity contribution >= 4 is 5.78 Å². The molecule has 0 saturated heterocycles. The van der Waals surface area contributed by atoms with Crippen molar-refractivity contribution in [1.29, 1.82) is 0 Å². The normalized spacial score (nSPS) is 11.4. The lowest BCUT2D eigenvalue weighted by atomic mass is 10.1. The third-order valence-electron chi connectivity index (χ3n) is 11.8. The summed E-state index contributed by atoms with van der Waals surface area (Å²) in [5.74, 6) is 1.56. The molecule has 0 aromatic heterocycles. The van der Waals surface area contributed by atoms with Crippen molar-refractivity contribution in [3.63, 3.8) is 0 Å². The van der Waals surface area contributed by atoms with E-state index in [0.717, 1.165) is 37.2 Å². The number of benzene rings is 8.